The molecule has 2 aliphatic carbocycles. The predicted octanol–water partition coefficient (Wildman–Crippen LogP) is 32.5. The largest absolute Gasteiger partial charge is 0.310 e. The van der Waals surface area contributed by atoms with Crippen LogP contribution in [-0.2, 0) is 0 Å². The Bertz CT molecular complexity index is 7800. The molecule has 18 aromatic carbocycles. The van der Waals surface area contributed by atoms with Gasteiger partial charge in [-0.15, -0.1) is 0 Å². The molecule has 4 heterocycles. The van der Waals surface area contributed by atoms with Crippen molar-refractivity contribution in [2.24, 2.45) is 0 Å². The summed E-state index contributed by atoms with van der Waals surface area (Å²) in [4.78, 5) is 23.2. The highest BCUT2D eigenvalue weighted by Crippen LogP contribution is 2.62. The van der Waals surface area contributed by atoms with Gasteiger partial charge in [0.05, 0.1) is 5.69 Å². The van der Waals surface area contributed by atoms with Crippen molar-refractivity contribution in [2.75, 3.05) is 9.80 Å². The quantitative estimate of drug-likeness (QED) is 0.0905. The van der Waals surface area contributed by atoms with Crippen LogP contribution >= 0.6 is 0 Å². The van der Waals surface area contributed by atoms with Gasteiger partial charge in [-0.2, -0.15) is 0 Å². The highest BCUT2D eigenvalue weighted by Gasteiger charge is 2.35. The Kier molecular flexibility index (Phi) is 17.8. The molecule has 2 aliphatic rings. The predicted molar refractivity (Wildman–Crippen MR) is 526 cm³/mol. The average molecular weight is 1600 g/mol. The second-order valence-electron chi connectivity index (χ2n) is 32.7. The maximum absolute atomic E-state index is 5.37. The van der Waals surface area contributed by atoms with Crippen LogP contribution in [0.1, 0.15) is 0 Å². The number of aromatic nitrogens is 4. The van der Waals surface area contributed by atoms with Crippen LogP contribution in [0.4, 0.5) is 34.1 Å². The summed E-state index contributed by atoms with van der Waals surface area (Å²) in [5.74, 6) is 0. The summed E-state index contributed by atoms with van der Waals surface area (Å²) >= 11 is 0. The van der Waals surface area contributed by atoms with Gasteiger partial charge in [-0.05, 0) is 309 Å². The molecule has 0 radical (unpaired) electrons. The Labute approximate surface area is 731 Å². The van der Waals surface area contributed by atoms with Crippen molar-refractivity contribution in [3.05, 3.63) is 462 Å². The molecule has 0 amide bonds. The molecule has 24 rings (SSSR count). The molecule has 0 unspecified atom stereocenters. The number of fused-ring (bicyclic) bond motifs is 8. The van der Waals surface area contributed by atoms with E-state index in [-0.39, 0.29) is 0 Å². The first kappa shape index (κ1) is 73.1. The molecule has 126 heavy (non-hydrogen) atoms. The van der Waals surface area contributed by atoms with Crippen molar-refractivity contribution >= 4 is 77.2 Å². The molecular weight excluding hydrogens is 1530 g/mol. The molecule has 0 fully saturated rings. The zero-order valence-electron chi connectivity index (χ0n) is 68.6. The zero-order valence-corrected chi connectivity index (χ0v) is 68.6. The molecule has 6 nitrogen and oxygen atoms in total. The van der Waals surface area contributed by atoms with E-state index in [4.69, 9.17) is 4.98 Å². The van der Waals surface area contributed by atoms with Crippen LogP contribution in [0.25, 0.3) is 210 Å². The van der Waals surface area contributed by atoms with Crippen LogP contribution in [-0.4, -0.2) is 19.9 Å². The molecule has 0 bridgehead atoms. The van der Waals surface area contributed by atoms with Crippen molar-refractivity contribution < 1.29 is 0 Å². The van der Waals surface area contributed by atoms with E-state index in [1.165, 1.54) is 138 Å². The molecule has 0 spiro atoms. The number of benzene rings is 18. The first-order chi connectivity index (χ1) is 62.5. The molecule has 0 N–H and O–H groups in total. The van der Waals surface area contributed by atoms with E-state index in [1.807, 2.05) is 49.4 Å². The molecular formula is C120H76N6. The molecule has 6 heteroatoms. The van der Waals surface area contributed by atoms with Gasteiger partial charge in [-0.25, -0.2) is 0 Å². The molecule has 4 aromatic heterocycles. The molecule has 0 saturated carbocycles. The van der Waals surface area contributed by atoms with Crippen LogP contribution < -0.4 is 9.80 Å². The number of pyridine rings is 4. The molecule has 22 aromatic rings. The minimum absolute atomic E-state index is 0.894. The summed E-state index contributed by atoms with van der Waals surface area (Å²) in [6.07, 6.45) is 13.2. The van der Waals surface area contributed by atoms with Crippen LogP contribution in [0.5, 0.6) is 0 Å². The van der Waals surface area contributed by atoms with Crippen molar-refractivity contribution in [3.63, 3.8) is 0 Å². The second-order valence-corrected chi connectivity index (χ2v) is 32.7. The fourth-order valence-electron chi connectivity index (χ4n) is 20.0. The number of anilines is 6. The molecule has 0 saturated heterocycles. The zero-order chi connectivity index (χ0) is 83.1. The summed E-state index contributed by atoms with van der Waals surface area (Å²) in [6, 6.07) is 154. The summed E-state index contributed by atoms with van der Waals surface area (Å²) in [6.45, 7) is 0. The number of hydrogen-bond acceptors (Lipinski definition) is 6. The highest BCUT2D eigenvalue weighted by atomic mass is 15.1. The maximum atomic E-state index is 5.37. The third kappa shape index (κ3) is 12.5. The number of nitrogens with zero attached hydrogens (tertiary/aromatic N) is 6. The van der Waals surface area contributed by atoms with E-state index >= 15 is 0 Å². The highest BCUT2D eigenvalue weighted by molar-refractivity contribution is 6.31. The van der Waals surface area contributed by atoms with Gasteiger partial charge < -0.3 is 9.80 Å². The van der Waals surface area contributed by atoms with E-state index < -0.39 is 0 Å². The normalized spacial score (nSPS) is 11.7. The van der Waals surface area contributed by atoms with Gasteiger partial charge in [0.1, 0.15) is 0 Å². The van der Waals surface area contributed by atoms with E-state index in [0.29, 0.717) is 0 Å². The van der Waals surface area contributed by atoms with Crippen molar-refractivity contribution in [2.45, 2.75) is 0 Å². The molecule has 0 aliphatic heterocycles. The minimum Gasteiger partial charge on any atom is -0.310 e. The van der Waals surface area contributed by atoms with E-state index in [2.05, 4.69) is 437 Å². The van der Waals surface area contributed by atoms with Gasteiger partial charge in [-0.1, -0.05) is 303 Å². The van der Waals surface area contributed by atoms with Gasteiger partial charge in [0.2, 0.25) is 0 Å². The Morgan fingerprint density at radius 1 is 0.151 bits per heavy atom. The minimum atomic E-state index is 0.894. The lowest BCUT2D eigenvalue weighted by molar-refractivity contribution is 1.28. The van der Waals surface area contributed by atoms with Crippen molar-refractivity contribution in [1.82, 2.24) is 19.9 Å². The Hall–Kier alpha value is -16.8. The summed E-state index contributed by atoms with van der Waals surface area (Å²) < 4.78 is 0. The fraction of sp³-hybridized carbons (Fsp3) is 0. The lowest BCUT2D eigenvalue weighted by Crippen LogP contribution is -2.10. The summed E-state index contributed by atoms with van der Waals surface area (Å²) in [5.41, 5.74) is 41.3. The van der Waals surface area contributed by atoms with Crippen molar-refractivity contribution in [1.29, 1.82) is 0 Å². The smallest absolute Gasteiger partial charge is 0.0702 e. The monoisotopic (exact) mass is 1600 g/mol. The van der Waals surface area contributed by atoms with Gasteiger partial charge in [-0.3, -0.25) is 19.9 Å². The Morgan fingerprint density at radius 2 is 0.468 bits per heavy atom. The third-order valence-electron chi connectivity index (χ3n) is 25.7. The SMILES string of the molecule is c1ccc(-c2c3c(c(-c4ccccc4)c4ccccc24)-c2ccc(-c4cccc(N(c5ccc(-c6cccnc6)cc5)c5ccc(-c6ccc(-c7ccc8c(-c9ccccc9)c9c(c(-c%10ccccc%10)c8c7)-c7cccc8c(-c%10cccc(N(c%11ccc(-c%12ccncc%12)cc%11)c%11ccc(-c%12ccncc%12)cc%11)c%10)ccc-9c78)nc6)cc5)c4)c4cccc-3c24)cc1. The third-order valence-corrected chi connectivity index (χ3v) is 25.7. The first-order valence-electron chi connectivity index (χ1n) is 43.0. The van der Waals surface area contributed by atoms with Crippen LogP contribution in [0.3, 0.4) is 0 Å². The average Bonchev–Trinajstić information content (AvgIpc) is 1.53. The maximum Gasteiger partial charge on any atom is 0.0702 e. The first-order valence-corrected chi connectivity index (χ1v) is 43.0. The fourth-order valence-corrected chi connectivity index (χ4v) is 20.0. The lowest BCUT2D eigenvalue weighted by Gasteiger charge is -2.26. The Balaban J connectivity index is 0.586. The van der Waals surface area contributed by atoms with E-state index in [9.17, 15) is 0 Å². The van der Waals surface area contributed by atoms with Gasteiger partial charge in [0, 0.05) is 88.6 Å². The lowest BCUT2D eigenvalue weighted by atomic mass is 9.82. The standard InChI is InChI=1S/C120H76N6/c1-5-20-83(21-6-1)111-102-33-13-14-34-103(102)112(84-22-7-2-8-23-84)119-107-60-58-98(100-35-17-37-105(115(100)107)117(111)119)87-28-16-32-97(73-87)126(94-53-43-79(44-54-94)90-30-19-67-123-75-90)95-55-45-80(46-56-95)91-48-62-110(124-76-91)89-47-57-104-109(74-89)114(86-26-11-4-12-27-86)118-106-38-18-36-101-99(59-61-108(116(101)106)120(118)113(104)85-24-9-3-10-25-85)88-29-15-31-96(72-88)125(92-49-39-77(40-50-92)81-63-68-121-69-64-81)93-51-41-78(42-52-93)82-65-70-122-71-66-82/h1-76H. The van der Waals surface area contributed by atoms with Gasteiger partial charge in [0.15, 0.2) is 0 Å². The van der Waals surface area contributed by atoms with Crippen molar-refractivity contribution in [3.8, 4) is 167 Å². The Morgan fingerprint density at radius 3 is 0.865 bits per heavy atom. The van der Waals surface area contributed by atoms with Gasteiger partial charge in [0.25, 0.3) is 0 Å². The van der Waals surface area contributed by atoms with Crippen LogP contribution in [0.2, 0.25) is 0 Å². The van der Waals surface area contributed by atoms with Crippen LogP contribution in [0, 0.1) is 0 Å². The van der Waals surface area contributed by atoms with Gasteiger partial charge >= 0.3 is 0 Å². The second kappa shape index (κ2) is 30.7. The van der Waals surface area contributed by atoms with E-state index in [0.717, 1.165) is 107 Å². The van der Waals surface area contributed by atoms with Crippen LogP contribution in [0.15, 0.2) is 462 Å². The summed E-state index contributed by atoms with van der Waals surface area (Å²) in [5, 5.41) is 9.80. The topological polar surface area (TPSA) is 58.0 Å². The molecule has 586 valence electrons. The number of hydrogen-bond donors (Lipinski definition) is 0. The van der Waals surface area contributed by atoms with E-state index in [1.54, 1.807) is 0 Å². The molecule has 0 atom stereocenters. The summed E-state index contributed by atoms with van der Waals surface area (Å²) in [7, 11) is 0. The number of rotatable bonds is 17.